The van der Waals surface area contributed by atoms with Gasteiger partial charge in [-0.05, 0) is 58.6 Å². The summed E-state index contributed by atoms with van der Waals surface area (Å²) in [6, 6.07) is 8.27. The van der Waals surface area contributed by atoms with Crippen molar-refractivity contribution in [2.45, 2.75) is 70.9 Å². The molecule has 0 aliphatic carbocycles. The Balaban J connectivity index is 1.74. The van der Waals surface area contributed by atoms with Gasteiger partial charge in [0.2, 0.25) is 5.91 Å². The predicted molar refractivity (Wildman–Crippen MR) is 102 cm³/mol. The summed E-state index contributed by atoms with van der Waals surface area (Å²) >= 11 is 0. The average Bonchev–Trinajstić information content (AvgIpc) is 2.82. The first-order valence-corrected chi connectivity index (χ1v) is 9.58. The van der Waals surface area contributed by atoms with E-state index in [-0.39, 0.29) is 18.0 Å². The number of anilines is 1. The van der Waals surface area contributed by atoms with Crippen LogP contribution in [-0.2, 0) is 14.9 Å². The maximum atomic E-state index is 13.2. The lowest BCUT2D eigenvalue weighted by atomic mass is 9.81. The van der Waals surface area contributed by atoms with Crippen molar-refractivity contribution < 1.29 is 14.3 Å². The van der Waals surface area contributed by atoms with Gasteiger partial charge in [-0.25, -0.2) is 4.79 Å². The van der Waals surface area contributed by atoms with Crippen LogP contribution in [-0.4, -0.2) is 41.6 Å². The number of ether oxygens (including phenoxy) is 1. The molecule has 5 nitrogen and oxygen atoms in total. The molecule has 2 aliphatic heterocycles. The largest absolute Gasteiger partial charge is 0.444 e. The molecule has 0 radical (unpaired) electrons. The highest BCUT2D eigenvalue weighted by molar-refractivity contribution is 6.08. The van der Waals surface area contributed by atoms with Crippen LogP contribution in [0, 0.1) is 0 Å². The number of piperidine rings is 1. The smallest absolute Gasteiger partial charge is 0.410 e. The Morgan fingerprint density at radius 3 is 2.42 bits per heavy atom. The standard InChI is InChI=1S/C21H30N2O3/c1-6-21(5)16-9-7-8-10-17(16)23(18(21)24)15-11-13-22(14-12-15)19(25)26-20(2,3)4/h7-10,15H,6,11-14H2,1-5H3. The van der Waals surface area contributed by atoms with Gasteiger partial charge in [0.25, 0.3) is 0 Å². The van der Waals surface area contributed by atoms with Crippen LogP contribution in [0.1, 0.15) is 59.4 Å². The predicted octanol–water partition coefficient (Wildman–Crippen LogP) is 4.10. The van der Waals surface area contributed by atoms with E-state index in [4.69, 9.17) is 4.74 Å². The van der Waals surface area contributed by atoms with Crippen LogP contribution in [0.2, 0.25) is 0 Å². The third kappa shape index (κ3) is 3.19. The summed E-state index contributed by atoms with van der Waals surface area (Å²) < 4.78 is 5.47. The fraction of sp³-hybridized carbons (Fsp3) is 0.619. The highest BCUT2D eigenvalue weighted by Crippen LogP contribution is 2.45. The number of rotatable bonds is 2. The molecule has 5 heteroatoms. The van der Waals surface area contributed by atoms with E-state index < -0.39 is 11.0 Å². The Kier molecular flexibility index (Phi) is 4.76. The molecule has 0 saturated carbocycles. The van der Waals surface area contributed by atoms with Gasteiger partial charge in [-0.1, -0.05) is 25.1 Å². The molecule has 0 bridgehead atoms. The number of likely N-dealkylation sites (tertiary alicyclic amines) is 1. The number of amides is 2. The molecule has 0 aromatic heterocycles. The molecule has 1 atom stereocenters. The zero-order valence-corrected chi connectivity index (χ0v) is 16.5. The number of hydrogen-bond donors (Lipinski definition) is 0. The Morgan fingerprint density at radius 2 is 1.85 bits per heavy atom. The van der Waals surface area contributed by atoms with E-state index in [0.29, 0.717) is 13.1 Å². The summed E-state index contributed by atoms with van der Waals surface area (Å²) in [6.07, 6.45) is 2.08. The van der Waals surface area contributed by atoms with Crippen LogP contribution in [0.25, 0.3) is 0 Å². The topological polar surface area (TPSA) is 49.9 Å². The number of nitrogens with zero attached hydrogens (tertiary/aromatic N) is 2. The van der Waals surface area contributed by atoms with Crippen LogP contribution in [0.15, 0.2) is 24.3 Å². The number of carbonyl (C=O) groups is 2. The molecule has 2 aliphatic rings. The maximum absolute atomic E-state index is 13.2. The van der Waals surface area contributed by atoms with Crippen molar-refractivity contribution in [1.82, 2.24) is 4.90 Å². The summed E-state index contributed by atoms with van der Waals surface area (Å²) in [6.45, 7) is 11.0. The molecule has 2 heterocycles. The SMILES string of the molecule is CCC1(C)C(=O)N(C2CCN(C(=O)OC(C)(C)C)CC2)c2ccccc21. The third-order valence-corrected chi connectivity index (χ3v) is 5.64. The lowest BCUT2D eigenvalue weighted by Crippen LogP contribution is -2.50. The highest BCUT2D eigenvalue weighted by Gasteiger charge is 2.48. The van der Waals surface area contributed by atoms with Gasteiger partial charge < -0.3 is 14.5 Å². The maximum Gasteiger partial charge on any atom is 0.410 e. The van der Waals surface area contributed by atoms with Gasteiger partial charge in [-0.2, -0.15) is 0 Å². The molecule has 2 amide bonds. The fourth-order valence-electron chi connectivity index (χ4n) is 3.98. The van der Waals surface area contributed by atoms with Crippen LogP contribution < -0.4 is 4.90 Å². The van der Waals surface area contributed by atoms with Crippen molar-refractivity contribution >= 4 is 17.7 Å². The molecule has 1 fully saturated rings. The molecule has 3 rings (SSSR count). The first kappa shape index (κ1) is 18.7. The molecular formula is C21H30N2O3. The minimum atomic E-state index is -0.485. The number of hydrogen-bond acceptors (Lipinski definition) is 3. The lowest BCUT2D eigenvalue weighted by Gasteiger charge is -2.38. The zero-order chi connectivity index (χ0) is 19.1. The van der Waals surface area contributed by atoms with Gasteiger partial charge in [0.05, 0.1) is 5.41 Å². The van der Waals surface area contributed by atoms with E-state index in [1.54, 1.807) is 4.90 Å². The Labute approximate surface area is 156 Å². The van der Waals surface area contributed by atoms with Crippen molar-refractivity contribution in [1.29, 1.82) is 0 Å². The Bertz CT molecular complexity index is 701. The Hall–Kier alpha value is -2.04. The molecule has 0 spiro atoms. The zero-order valence-electron chi connectivity index (χ0n) is 16.5. The van der Waals surface area contributed by atoms with Gasteiger partial charge >= 0.3 is 6.09 Å². The average molecular weight is 358 g/mol. The van der Waals surface area contributed by atoms with E-state index in [9.17, 15) is 9.59 Å². The van der Waals surface area contributed by atoms with Crippen LogP contribution in [0.4, 0.5) is 10.5 Å². The molecular weight excluding hydrogens is 328 g/mol. The van der Waals surface area contributed by atoms with Crippen molar-refractivity contribution in [3.05, 3.63) is 29.8 Å². The Morgan fingerprint density at radius 1 is 1.23 bits per heavy atom. The van der Waals surface area contributed by atoms with E-state index in [2.05, 4.69) is 13.0 Å². The minimum absolute atomic E-state index is 0.135. The summed E-state index contributed by atoms with van der Waals surface area (Å²) in [4.78, 5) is 29.3. The molecule has 1 unspecified atom stereocenters. The second-order valence-corrected chi connectivity index (χ2v) is 8.58. The fourth-order valence-corrected chi connectivity index (χ4v) is 3.98. The quantitative estimate of drug-likeness (QED) is 0.800. The summed E-state index contributed by atoms with van der Waals surface area (Å²) in [5, 5.41) is 0. The van der Waals surface area contributed by atoms with E-state index in [1.807, 2.05) is 50.8 Å². The summed E-state index contributed by atoms with van der Waals surface area (Å²) in [5.74, 6) is 0.192. The first-order valence-electron chi connectivity index (χ1n) is 9.58. The first-order chi connectivity index (χ1) is 12.2. The van der Waals surface area contributed by atoms with Gasteiger partial charge in [0.15, 0.2) is 0 Å². The van der Waals surface area contributed by atoms with Crippen LogP contribution in [0.5, 0.6) is 0 Å². The van der Waals surface area contributed by atoms with Gasteiger partial charge in [-0.3, -0.25) is 4.79 Å². The summed E-state index contributed by atoms with van der Waals surface area (Å²) in [5.41, 5.74) is 1.24. The number of carbonyl (C=O) groups excluding carboxylic acids is 2. The highest BCUT2D eigenvalue weighted by atomic mass is 16.6. The normalized spacial score (nSPS) is 24.0. The number of fused-ring (bicyclic) bond motifs is 1. The summed E-state index contributed by atoms with van der Waals surface area (Å²) in [7, 11) is 0. The third-order valence-electron chi connectivity index (χ3n) is 5.64. The van der Waals surface area contributed by atoms with Gasteiger partial charge in [0.1, 0.15) is 5.60 Å². The van der Waals surface area contributed by atoms with E-state index >= 15 is 0 Å². The molecule has 1 saturated heterocycles. The van der Waals surface area contributed by atoms with Crippen molar-refractivity contribution in [2.75, 3.05) is 18.0 Å². The monoisotopic (exact) mass is 358 g/mol. The number of para-hydroxylation sites is 1. The van der Waals surface area contributed by atoms with E-state index in [1.165, 1.54) is 0 Å². The molecule has 142 valence electrons. The second kappa shape index (κ2) is 6.60. The second-order valence-electron chi connectivity index (χ2n) is 8.58. The molecule has 1 aromatic carbocycles. The van der Waals surface area contributed by atoms with Gasteiger partial charge in [-0.15, -0.1) is 0 Å². The lowest BCUT2D eigenvalue weighted by molar-refractivity contribution is -0.123. The molecule has 1 aromatic rings. The van der Waals surface area contributed by atoms with Crippen molar-refractivity contribution in [3.8, 4) is 0 Å². The van der Waals surface area contributed by atoms with Crippen LogP contribution >= 0.6 is 0 Å². The van der Waals surface area contributed by atoms with Crippen molar-refractivity contribution in [2.24, 2.45) is 0 Å². The molecule has 26 heavy (non-hydrogen) atoms. The van der Waals surface area contributed by atoms with Crippen molar-refractivity contribution in [3.63, 3.8) is 0 Å². The van der Waals surface area contributed by atoms with E-state index in [0.717, 1.165) is 30.5 Å². The molecule has 0 N–H and O–H groups in total. The van der Waals surface area contributed by atoms with Crippen LogP contribution in [0.3, 0.4) is 0 Å². The minimum Gasteiger partial charge on any atom is -0.444 e. The number of benzene rings is 1. The van der Waals surface area contributed by atoms with Gasteiger partial charge in [0, 0.05) is 24.8 Å².